The van der Waals surface area contributed by atoms with Gasteiger partial charge in [-0.1, -0.05) is 54.6 Å². The lowest BCUT2D eigenvalue weighted by atomic mass is 10.2. The van der Waals surface area contributed by atoms with Crippen LogP contribution in [0.1, 0.15) is 26.3 Å². The fraction of sp³-hybridized carbons (Fsp3) is 0.0476. The Morgan fingerprint density at radius 1 is 0.808 bits per heavy atom. The summed E-state index contributed by atoms with van der Waals surface area (Å²) < 4.78 is 14.3. The summed E-state index contributed by atoms with van der Waals surface area (Å²) >= 11 is 0.955. The molecule has 0 aliphatic carbocycles. The van der Waals surface area contributed by atoms with Crippen molar-refractivity contribution in [2.45, 2.75) is 11.4 Å². The Bertz CT molecular complexity index is 914. The Morgan fingerprint density at radius 2 is 1.42 bits per heavy atom. The molecule has 26 heavy (non-hydrogen) atoms. The molecule has 0 saturated heterocycles. The van der Waals surface area contributed by atoms with E-state index in [1.807, 2.05) is 12.1 Å². The molecule has 0 aliphatic heterocycles. The first-order chi connectivity index (χ1) is 12.6. The maximum atomic E-state index is 14.3. The van der Waals surface area contributed by atoms with Crippen LogP contribution in [0.5, 0.6) is 0 Å². The third kappa shape index (κ3) is 4.37. The molecule has 0 radical (unpaired) electrons. The molecule has 0 aromatic heterocycles. The van der Waals surface area contributed by atoms with Crippen LogP contribution in [-0.4, -0.2) is 11.0 Å². The van der Waals surface area contributed by atoms with Crippen LogP contribution in [0, 0.1) is 5.82 Å². The van der Waals surface area contributed by atoms with E-state index in [1.54, 1.807) is 60.7 Å². The second-order valence-corrected chi connectivity index (χ2v) is 6.54. The predicted molar refractivity (Wildman–Crippen MR) is 101 cm³/mol. The van der Waals surface area contributed by atoms with Crippen LogP contribution in [0.25, 0.3) is 0 Å². The van der Waals surface area contributed by atoms with Crippen LogP contribution in [0.3, 0.4) is 0 Å². The van der Waals surface area contributed by atoms with Gasteiger partial charge in [0.25, 0.3) is 5.91 Å². The van der Waals surface area contributed by atoms with E-state index in [9.17, 15) is 14.0 Å². The van der Waals surface area contributed by atoms with E-state index in [0.29, 0.717) is 21.6 Å². The normalized spacial score (nSPS) is 10.3. The number of benzene rings is 3. The average molecular weight is 365 g/mol. The zero-order valence-corrected chi connectivity index (χ0v) is 14.6. The second-order valence-electron chi connectivity index (χ2n) is 5.52. The molecule has 0 atom stereocenters. The van der Waals surface area contributed by atoms with Crippen molar-refractivity contribution in [3.8, 4) is 0 Å². The summed E-state index contributed by atoms with van der Waals surface area (Å²) in [6.45, 7) is 0.00477. The smallest absolute Gasteiger partial charge is 0.251 e. The van der Waals surface area contributed by atoms with E-state index in [4.69, 9.17) is 0 Å². The van der Waals surface area contributed by atoms with E-state index in [2.05, 4.69) is 5.32 Å². The standard InChI is InChI=1S/C21H16FNO2S/c22-18-12-7-13-19(26-21(25)16-10-5-2-6-11-16)17(18)14-23-20(24)15-8-3-1-4-9-15/h1-13H,14H2,(H,23,24). The summed E-state index contributed by atoms with van der Waals surface area (Å²) in [6.07, 6.45) is 0. The van der Waals surface area contributed by atoms with Gasteiger partial charge in [0, 0.05) is 28.1 Å². The SMILES string of the molecule is O=C(NCc1c(F)cccc1SC(=O)c1ccccc1)c1ccccc1. The highest BCUT2D eigenvalue weighted by Crippen LogP contribution is 2.28. The molecule has 130 valence electrons. The molecule has 3 rings (SSSR count). The highest BCUT2D eigenvalue weighted by atomic mass is 32.2. The van der Waals surface area contributed by atoms with Crippen molar-refractivity contribution in [1.29, 1.82) is 0 Å². The van der Waals surface area contributed by atoms with Gasteiger partial charge >= 0.3 is 0 Å². The number of rotatable bonds is 5. The summed E-state index contributed by atoms with van der Waals surface area (Å²) in [5.41, 5.74) is 1.34. The lowest BCUT2D eigenvalue weighted by molar-refractivity contribution is 0.0950. The number of amides is 1. The molecule has 1 amide bonds. The van der Waals surface area contributed by atoms with Gasteiger partial charge in [-0.05, 0) is 36.0 Å². The molecule has 0 unspecified atom stereocenters. The Morgan fingerprint density at radius 3 is 2.08 bits per heavy atom. The van der Waals surface area contributed by atoms with Gasteiger partial charge in [-0.3, -0.25) is 9.59 Å². The van der Waals surface area contributed by atoms with Crippen molar-refractivity contribution in [2.75, 3.05) is 0 Å². The summed E-state index contributed by atoms with van der Waals surface area (Å²) in [6, 6.07) is 22.1. The van der Waals surface area contributed by atoms with Crippen molar-refractivity contribution in [1.82, 2.24) is 5.32 Å². The maximum Gasteiger partial charge on any atom is 0.251 e. The van der Waals surface area contributed by atoms with E-state index >= 15 is 0 Å². The lowest BCUT2D eigenvalue weighted by Gasteiger charge is -2.11. The number of halogens is 1. The number of hydrogen-bond acceptors (Lipinski definition) is 3. The fourth-order valence-electron chi connectivity index (χ4n) is 2.40. The summed E-state index contributed by atoms with van der Waals surface area (Å²) in [7, 11) is 0. The van der Waals surface area contributed by atoms with E-state index in [0.717, 1.165) is 11.8 Å². The van der Waals surface area contributed by atoms with Crippen LogP contribution in [0.2, 0.25) is 0 Å². The second kappa shape index (κ2) is 8.45. The molecule has 0 fully saturated rings. The van der Waals surface area contributed by atoms with E-state index in [-0.39, 0.29) is 17.6 Å². The fourth-order valence-corrected chi connectivity index (χ4v) is 3.29. The predicted octanol–water partition coefficient (Wildman–Crippen LogP) is 4.69. The monoisotopic (exact) mass is 365 g/mol. The van der Waals surface area contributed by atoms with Crippen molar-refractivity contribution < 1.29 is 14.0 Å². The Labute approximate surface area is 155 Å². The minimum atomic E-state index is -0.454. The zero-order chi connectivity index (χ0) is 18.4. The van der Waals surface area contributed by atoms with Crippen molar-refractivity contribution in [2.24, 2.45) is 0 Å². The van der Waals surface area contributed by atoms with Gasteiger partial charge in [-0.25, -0.2) is 4.39 Å². The first-order valence-electron chi connectivity index (χ1n) is 8.03. The van der Waals surface area contributed by atoms with Gasteiger partial charge < -0.3 is 5.32 Å². The average Bonchev–Trinajstić information content (AvgIpc) is 2.68. The quantitative estimate of drug-likeness (QED) is 0.667. The lowest BCUT2D eigenvalue weighted by Crippen LogP contribution is -2.23. The molecule has 0 heterocycles. The summed E-state index contributed by atoms with van der Waals surface area (Å²) in [5, 5.41) is 2.53. The maximum absolute atomic E-state index is 14.3. The van der Waals surface area contributed by atoms with Gasteiger partial charge in [0.05, 0.1) is 0 Å². The Kier molecular flexibility index (Phi) is 5.81. The number of thioether (sulfide) groups is 1. The molecule has 3 aromatic carbocycles. The van der Waals surface area contributed by atoms with Crippen LogP contribution in [-0.2, 0) is 6.54 Å². The molecular weight excluding hydrogens is 349 g/mol. The van der Waals surface area contributed by atoms with Gasteiger partial charge in [-0.2, -0.15) is 0 Å². The number of nitrogens with one attached hydrogen (secondary N) is 1. The third-order valence-corrected chi connectivity index (χ3v) is 4.77. The highest BCUT2D eigenvalue weighted by molar-refractivity contribution is 8.14. The molecule has 0 saturated carbocycles. The van der Waals surface area contributed by atoms with Gasteiger partial charge in [0.15, 0.2) is 0 Å². The van der Waals surface area contributed by atoms with Crippen LogP contribution in [0.15, 0.2) is 83.8 Å². The minimum absolute atomic E-state index is 0.00477. The Hall–Kier alpha value is -2.92. The van der Waals surface area contributed by atoms with E-state index in [1.165, 1.54) is 6.07 Å². The molecule has 3 aromatic rings. The van der Waals surface area contributed by atoms with Crippen LogP contribution in [0.4, 0.5) is 4.39 Å². The molecule has 0 aliphatic rings. The molecule has 5 heteroatoms. The first-order valence-corrected chi connectivity index (χ1v) is 8.84. The topological polar surface area (TPSA) is 46.2 Å². The summed E-state index contributed by atoms with van der Waals surface area (Å²) in [5.74, 6) is -0.747. The van der Waals surface area contributed by atoms with Crippen LogP contribution < -0.4 is 5.32 Å². The van der Waals surface area contributed by atoms with E-state index < -0.39 is 5.82 Å². The summed E-state index contributed by atoms with van der Waals surface area (Å²) in [4.78, 5) is 25.1. The molecule has 3 nitrogen and oxygen atoms in total. The zero-order valence-electron chi connectivity index (χ0n) is 13.8. The van der Waals surface area contributed by atoms with Gasteiger partial charge in [-0.15, -0.1) is 0 Å². The highest BCUT2D eigenvalue weighted by Gasteiger charge is 2.15. The third-order valence-electron chi connectivity index (χ3n) is 3.75. The van der Waals surface area contributed by atoms with Crippen molar-refractivity contribution >= 4 is 22.8 Å². The molecule has 1 N–H and O–H groups in total. The van der Waals surface area contributed by atoms with Crippen molar-refractivity contribution in [3.63, 3.8) is 0 Å². The number of hydrogen-bond donors (Lipinski definition) is 1. The largest absolute Gasteiger partial charge is 0.348 e. The minimum Gasteiger partial charge on any atom is -0.348 e. The number of carbonyl (C=O) groups is 2. The van der Waals surface area contributed by atoms with Crippen LogP contribution >= 0.6 is 11.8 Å². The number of carbonyl (C=O) groups excluding carboxylic acids is 2. The molecule has 0 spiro atoms. The molecular formula is C21H16FNO2S. The molecule has 0 bridgehead atoms. The first kappa shape index (κ1) is 17.9. The Balaban J connectivity index is 1.75. The van der Waals surface area contributed by atoms with Gasteiger partial charge in [0.1, 0.15) is 5.82 Å². The van der Waals surface area contributed by atoms with Crippen molar-refractivity contribution in [3.05, 3.63) is 101 Å². The van der Waals surface area contributed by atoms with Gasteiger partial charge in [0.2, 0.25) is 5.12 Å².